The monoisotopic (exact) mass is 231 g/mol. The summed E-state index contributed by atoms with van der Waals surface area (Å²) in [5.41, 5.74) is 4.28. The van der Waals surface area contributed by atoms with Crippen molar-refractivity contribution in [2.75, 3.05) is 7.05 Å². The summed E-state index contributed by atoms with van der Waals surface area (Å²) in [4.78, 5) is 0. The summed E-state index contributed by atoms with van der Waals surface area (Å²) in [6.45, 7) is 6.79. The van der Waals surface area contributed by atoms with E-state index in [9.17, 15) is 0 Å². The summed E-state index contributed by atoms with van der Waals surface area (Å²) in [6.07, 6.45) is 4.04. The molecule has 0 radical (unpaired) electrons. The maximum absolute atomic E-state index is 3.51. The second-order valence-electron chi connectivity index (χ2n) is 5.71. The molecule has 1 aromatic carbocycles. The fraction of sp³-hybridized carbons (Fsp3) is 0.625. The molecule has 1 fully saturated rings. The van der Waals surface area contributed by atoms with Gasteiger partial charge in [-0.15, -0.1) is 0 Å². The van der Waals surface area contributed by atoms with Crippen LogP contribution in [0.4, 0.5) is 0 Å². The highest BCUT2D eigenvalue weighted by molar-refractivity contribution is 5.30. The predicted molar refractivity (Wildman–Crippen MR) is 74.4 cm³/mol. The Kier molecular flexibility index (Phi) is 3.88. The smallest absolute Gasteiger partial charge is 0.0133 e. The number of likely N-dealkylation sites (N-methyl/N-ethyl adjacent to an activating group) is 1. The summed E-state index contributed by atoms with van der Waals surface area (Å²) >= 11 is 0. The first-order valence-corrected chi connectivity index (χ1v) is 6.85. The fourth-order valence-electron chi connectivity index (χ4n) is 2.69. The number of aryl methyl sites for hydroxylation is 2. The van der Waals surface area contributed by atoms with E-state index in [1.54, 1.807) is 0 Å². The normalized spacial score (nSPS) is 19.1. The first-order chi connectivity index (χ1) is 8.11. The summed E-state index contributed by atoms with van der Waals surface area (Å²) < 4.78 is 0. The molecule has 1 saturated carbocycles. The maximum Gasteiger partial charge on any atom is 0.0133 e. The molecule has 2 unspecified atom stereocenters. The highest BCUT2D eigenvalue weighted by Crippen LogP contribution is 2.38. The number of nitrogens with one attached hydrogen (secondary N) is 1. The zero-order valence-electron chi connectivity index (χ0n) is 11.6. The molecule has 0 bridgehead atoms. The Morgan fingerprint density at radius 3 is 2.47 bits per heavy atom. The zero-order chi connectivity index (χ0) is 12.4. The molecule has 1 aromatic rings. The third-order valence-corrected chi connectivity index (χ3v) is 4.40. The molecule has 1 aliphatic rings. The SMILES string of the molecule is CNC(Cc1ccc(C)c(C)c1)C(C)C1CC1. The minimum atomic E-state index is 0.629. The lowest BCUT2D eigenvalue weighted by atomic mass is 9.90. The minimum Gasteiger partial charge on any atom is -0.316 e. The number of benzene rings is 1. The Bertz CT molecular complexity index is 379. The van der Waals surface area contributed by atoms with Crippen molar-refractivity contribution < 1.29 is 0 Å². The average molecular weight is 231 g/mol. The maximum atomic E-state index is 3.51. The van der Waals surface area contributed by atoms with Crippen molar-refractivity contribution in [3.63, 3.8) is 0 Å². The molecule has 1 N–H and O–H groups in total. The molecule has 2 atom stereocenters. The number of hydrogen-bond donors (Lipinski definition) is 1. The van der Waals surface area contributed by atoms with Crippen LogP contribution in [0.1, 0.15) is 36.5 Å². The van der Waals surface area contributed by atoms with E-state index in [1.807, 2.05) is 0 Å². The van der Waals surface area contributed by atoms with Gasteiger partial charge in [-0.1, -0.05) is 25.1 Å². The van der Waals surface area contributed by atoms with Crippen molar-refractivity contribution in [1.29, 1.82) is 0 Å². The standard InChI is InChI=1S/C16H25N/c1-11-5-6-14(9-12(11)2)10-16(17-4)13(3)15-7-8-15/h5-6,9,13,15-17H,7-8,10H2,1-4H3. The van der Waals surface area contributed by atoms with Gasteiger partial charge >= 0.3 is 0 Å². The molecule has 0 saturated heterocycles. The van der Waals surface area contributed by atoms with E-state index in [0.29, 0.717) is 6.04 Å². The van der Waals surface area contributed by atoms with Gasteiger partial charge in [0.25, 0.3) is 0 Å². The van der Waals surface area contributed by atoms with Crippen molar-refractivity contribution in [2.24, 2.45) is 11.8 Å². The predicted octanol–water partition coefficient (Wildman–Crippen LogP) is 3.48. The molecule has 0 heterocycles. The Morgan fingerprint density at radius 2 is 1.94 bits per heavy atom. The van der Waals surface area contributed by atoms with E-state index in [1.165, 1.54) is 29.5 Å². The second-order valence-corrected chi connectivity index (χ2v) is 5.71. The van der Waals surface area contributed by atoms with Crippen LogP contribution < -0.4 is 5.32 Å². The van der Waals surface area contributed by atoms with Crippen molar-refractivity contribution in [2.45, 2.75) is 46.1 Å². The van der Waals surface area contributed by atoms with E-state index in [0.717, 1.165) is 18.3 Å². The largest absolute Gasteiger partial charge is 0.316 e. The lowest BCUT2D eigenvalue weighted by Gasteiger charge is -2.24. The summed E-state index contributed by atoms with van der Waals surface area (Å²) in [7, 11) is 2.10. The molecule has 0 amide bonds. The lowest BCUT2D eigenvalue weighted by molar-refractivity contribution is 0.357. The van der Waals surface area contributed by atoms with Crippen molar-refractivity contribution >= 4 is 0 Å². The van der Waals surface area contributed by atoms with Crippen LogP contribution >= 0.6 is 0 Å². The third-order valence-electron chi connectivity index (χ3n) is 4.40. The van der Waals surface area contributed by atoms with Gasteiger partial charge in [0.1, 0.15) is 0 Å². The molecule has 1 heteroatoms. The Morgan fingerprint density at radius 1 is 1.24 bits per heavy atom. The molecular weight excluding hydrogens is 206 g/mol. The van der Waals surface area contributed by atoms with Gasteiger partial charge in [0.2, 0.25) is 0 Å². The Hall–Kier alpha value is -0.820. The van der Waals surface area contributed by atoms with Crippen LogP contribution in [0.25, 0.3) is 0 Å². The summed E-state index contributed by atoms with van der Waals surface area (Å²) in [5.74, 6) is 1.78. The molecule has 0 aliphatic heterocycles. The van der Waals surface area contributed by atoms with Gasteiger partial charge in [0.15, 0.2) is 0 Å². The van der Waals surface area contributed by atoms with Crippen LogP contribution in [-0.2, 0) is 6.42 Å². The molecule has 94 valence electrons. The van der Waals surface area contributed by atoms with Crippen LogP contribution in [0, 0.1) is 25.7 Å². The van der Waals surface area contributed by atoms with Crippen LogP contribution in [0.2, 0.25) is 0 Å². The van der Waals surface area contributed by atoms with Gasteiger partial charge < -0.3 is 5.32 Å². The fourth-order valence-corrected chi connectivity index (χ4v) is 2.69. The van der Waals surface area contributed by atoms with Crippen molar-refractivity contribution in [3.05, 3.63) is 34.9 Å². The molecule has 0 aromatic heterocycles. The van der Waals surface area contributed by atoms with E-state index in [2.05, 4.69) is 51.3 Å². The van der Waals surface area contributed by atoms with Crippen molar-refractivity contribution in [1.82, 2.24) is 5.32 Å². The molecule has 0 spiro atoms. The van der Waals surface area contributed by atoms with E-state index in [-0.39, 0.29) is 0 Å². The van der Waals surface area contributed by atoms with Gasteiger partial charge in [-0.25, -0.2) is 0 Å². The number of hydrogen-bond acceptors (Lipinski definition) is 1. The average Bonchev–Trinajstić information content (AvgIpc) is 3.13. The summed E-state index contributed by atoms with van der Waals surface area (Å²) in [5, 5.41) is 3.51. The van der Waals surface area contributed by atoms with Gasteiger partial charge in [0.05, 0.1) is 0 Å². The Labute approximate surface area is 106 Å². The van der Waals surface area contributed by atoms with E-state index in [4.69, 9.17) is 0 Å². The van der Waals surface area contributed by atoms with E-state index >= 15 is 0 Å². The van der Waals surface area contributed by atoms with Gasteiger partial charge in [-0.2, -0.15) is 0 Å². The van der Waals surface area contributed by atoms with Crippen LogP contribution in [0.5, 0.6) is 0 Å². The van der Waals surface area contributed by atoms with Crippen LogP contribution in [0.3, 0.4) is 0 Å². The topological polar surface area (TPSA) is 12.0 Å². The van der Waals surface area contributed by atoms with Crippen LogP contribution in [0.15, 0.2) is 18.2 Å². The highest BCUT2D eigenvalue weighted by Gasteiger charge is 2.32. The first kappa shape index (κ1) is 12.6. The van der Waals surface area contributed by atoms with Gasteiger partial charge in [-0.3, -0.25) is 0 Å². The quantitative estimate of drug-likeness (QED) is 0.818. The zero-order valence-corrected chi connectivity index (χ0v) is 11.6. The van der Waals surface area contributed by atoms with Crippen molar-refractivity contribution in [3.8, 4) is 0 Å². The molecular formula is C16H25N. The number of rotatable bonds is 5. The van der Waals surface area contributed by atoms with E-state index < -0.39 is 0 Å². The molecule has 17 heavy (non-hydrogen) atoms. The van der Waals surface area contributed by atoms with Gasteiger partial charge in [0, 0.05) is 6.04 Å². The Balaban J connectivity index is 2.04. The minimum absolute atomic E-state index is 0.629. The summed E-state index contributed by atoms with van der Waals surface area (Å²) in [6, 6.07) is 7.51. The second kappa shape index (κ2) is 5.22. The molecule has 1 nitrogen and oxygen atoms in total. The lowest BCUT2D eigenvalue weighted by Crippen LogP contribution is -2.35. The first-order valence-electron chi connectivity index (χ1n) is 6.85. The van der Waals surface area contributed by atoms with Crippen LogP contribution in [-0.4, -0.2) is 13.1 Å². The van der Waals surface area contributed by atoms with Gasteiger partial charge in [-0.05, 0) is 68.7 Å². The highest BCUT2D eigenvalue weighted by atomic mass is 14.9. The molecule has 1 aliphatic carbocycles. The molecule has 2 rings (SSSR count). The third kappa shape index (κ3) is 3.10.